The summed E-state index contributed by atoms with van der Waals surface area (Å²) < 4.78 is 5.42. The second-order valence-corrected chi connectivity index (χ2v) is 6.62. The number of aromatic nitrogens is 2. The minimum absolute atomic E-state index is 0.210. The zero-order valence-corrected chi connectivity index (χ0v) is 16.0. The molecule has 3 rings (SSSR count). The van der Waals surface area contributed by atoms with Gasteiger partial charge in [0.05, 0.1) is 30.2 Å². The van der Waals surface area contributed by atoms with E-state index in [2.05, 4.69) is 27.1 Å². The number of morpholine rings is 1. The molecule has 0 radical (unpaired) electrons. The third-order valence-corrected chi connectivity index (χ3v) is 4.59. The van der Waals surface area contributed by atoms with E-state index in [1.54, 1.807) is 12.4 Å². The van der Waals surface area contributed by atoms with Crippen molar-refractivity contribution in [1.29, 1.82) is 0 Å². The summed E-state index contributed by atoms with van der Waals surface area (Å²) in [5.41, 5.74) is 2.24. The number of ether oxygens (including phenoxy) is 1. The summed E-state index contributed by atoms with van der Waals surface area (Å²) in [4.78, 5) is 25.5. The van der Waals surface area contributed by atoms with Gasteiger partial charge in [0, 0.05) is 39.1 Å². The van der Waals surface area contributed by atoms with Gasteiger partial charge in [-0.05, 0) is 18.6 Å². The van der Waals surface area contributed by atoms with Gasteiger partial charge in [-0.25, -0.2) is 9.97 Å². The van der Waals surface area contributed by atoms with Crippen molar-refractivity contribution in [2.75, 3.05) is 55.0 Å². The number of unbranched alkanes of at least 4 members (excludes halogenated alkanes) is 1. The van der Waals surface area contributed by atoms with Crippen LogP contribution in [0.1, 0.15) is 30.1 Å². The molecule has 1 amide bonds. The molecule has 27 heavy (non-hydrogen) atoms. The number of para-hydroxylation sites is 2. The number of carbonyl (C=O) groups excluding carboxylic acids is 1. The summed E-state index contributed by atoms with van der Waals surface area (Å²) in [6.07, 6.45) is 5.36. The number of rotatable bonds is 7. The molecule has 1 aliphatic heterocycles. The van der Waals surface area contributed by atoms with Crippen LogP contribution in [0.3, 0.4) is 0 Å². The molecular formula is C20H27N5O2. The predicted molar refractivity (Wildman–Crippen MR) is 108 cm³/mol. The van der Waals surface area contributed by atoms with Crippen LogP contribution in [0.25, 0.3) is 0 Å². The first-order chi connectivity index (χ1) is 13.2. The quantitative estimate of drug-likeness (QED) is 0.809. The molecule has 1 aromatic carbocycles. The Labute approximate surface area is 160 Å². The highest BCUT2D eigenvalue weighted by atomic mass is 16.5. The maximum atomic E-state index is 12.7. The third-order valence-electron chi connectivity index (χ3n) is 4.59. The summed E-state index contributed by atoms with van der Waals surface area (Å²) in [5.74, 6) is 0.423. The number of amides is 1. The Hall–Kier alpha value is -2.67. The summed E-state index contributed by atoms with van der Waals surface area (Å²) >= 11 is 0. The first-order valence-corrected chi connectivity index (χ1v) is 9.45. The molecule has 0 aliphatic carbocycles. The van der Waals surface area contributed by atoms with Crippen molar-refractivity contribution in [2.24, 2.45) is 0 Å². The molecule has 0 atom stereocenters. The smallest absolute Gasteiger partial charge is 0.258 e. The van der Waals surface area contributed by atoms with E-state index in [0.717, 1.165) is 43.9 Å². The molecule has 144 valence electrons. The lowest BCUT2D eigenvalue weighted by atomic mass is 10.2. The Morgan fingerprint density at radius 3 is 2.63 bits per heavy atom. The van der Waals surface area contributed by atoms with Crippen LogP contribution in [0.2, 0.25) is 0 Å². The van der Waals surface area contributed by atoms with Crippen molar-refractivity contribution < 1.29 is 9.53 Å². The molecule has 1 N–H and O–H groups in total. The standard InChI is InChI=1S/C20H27N5O2/c1-3-4-9-24(2)20-21-14-16(15-22-20)19(26)23-17-7-5-6-8-18(17)25-10-12-27-13-11-25/h5-8,14-15H,3-4,9-13H2,1-2H3,(H,23,26). The fourth-order valence-corrected chi connectivity index (χ4v) is 2.98. The van der Waals surface area contributed by atoms with Crippen LogP contribution < -0.4 is 15.1 Å². The number of hydrogen-bond acceptors (Lipinski definition) is 6. The first kappa shape index (κ1) is 19.1. The summed E-state index contributed by atoms with van der Waals surface area (Å²) in [7, 11) is 1.96. The van der Waals surface area contributed by atoms with Gasteiger partial charge in [0.1, 0.15) is 0 Å². The van der Waals surface area contributed by atoms with Gasteiger partial charge in [-0.2, -0.15) is 0 Å². The lowest BCUT2D eigenvalue weighted by Crippen LogP contribution is -2.36. The molecule has 0 spiro atoms. The maximum absolute atomic E-state index is 12.7. The molecule has 2 aromatic rings. The number of carbonyl (C=O) groups is 1. The minimum atomic E-state index is -0.210. The number of nitrogens with zero attached hydrogens (tertiary/aromatic N) is 4. The molecule has 7 heteroatoms. The topological polar surface area (TPSA) is 70.6 Å². The highest BCUT2D eigenvalue weighted by molar-refractivity contribution is 6.05. The fraction of sp³-hybridized carbons (Fsp3) is 0.450. The Kier molecular flexibility index (Phi) is 6.59. The van der Waals surface area contributed by atoms with Gasteiger partial charge in [-0.15, -0.1) is 0 Å². The third kappa shape index (κ3) is 4.95. The molecule has 1 fully saturated rings. The van der Waals surface area contributed by atoms with Crippen molar-refractivity contribution >= 4 is 23.2 Å². The largest absolute Gasteiger partial charge is 0.378 e. The van der Waals surface area contributed by atoms with E-state index in [1.165, 1.54) is 0 Å². The molecule has 7 nitrogen and oxygen atoms in total. The van der Waals surface area contributed by atoms with Gasteiger partial charge in [-0.1, -0.05) is 25.5 Å². The average Bonchev–Trinajstić information content (AvgIpc) is 2.73. The fourth-order valence-electron chi connectivity index (χ4n) is 2.98. The van der Waals surface area contributed by atoms with Crippen molar-refractivity contribution in [1.82, 2.24) is 9.97 Å². The van der Waals surface area contributed by atoms with Crippen LogP contribution in [0.15, 0.2) is 36.7 Å². The predicted octanol–water partition coefficient (Wildman–Crippen LogP) is 2.80. The molecule has 1 saturated heterocycles. The van der Waals surface area contributed by atoms with E-state index in [1.807, 2.05) is 36.2 Å². The Morgan fingerprint density at radius 2 is 1.93 bits per heavy atom. The normalized spacial score (nSPS) is 14.1. The van der Waals surface area contributed by atoms with Crippen LogP contribution in [0.5, 0.6) is 0 Å². The molecule has 0 bridgehead atoms. The highest BCUT2D eigenvalue weighted by Gasteiger charge is 2.17. The molecule has 1 aliphatic rings. The average molecular weight is 369 g/mol. The Bertz CT molecular complexity index is 744. The summed E-state index contributed by atoms with van der Waals surface area (Å²) in [6, 6.07) is 7.83. The zero-order chi connectivity index (χ0) is 19.1. The molecular weight excluding hydrogens is 342 g/mol. The maximum Gasteiger partial charge on any atom is 0.258 e. The number of benzene rings is 1. The molecule has 1 aromatic heterocycles. The van der Waals surface area contributed by atoms with Crippen molar-refractivity contribution in [3.05, 3.63) is 42.2 Å². The van der Waals surface area contributed by atoms with Gasteiger partial charge < -0.3 is 19.9 Å². The molecule has 0 unspecified atom stereocenters. The minimum Gasteiger partial charge on any atom is -0.378 e. The van der Waals surface area contributed by atoms with E-state index in [4.69, 9.17) is 4.74 Å². The lowest BCUT2D eigenvalue weighted by Gasteiger charge is -2.30. The van der Waals surface area contributed by atoms with Crippen LogP contribution in [0.4, 0.5) is 17.3 Å². The zero-order valence-electron chi connectivity index (χ0n) is 16.0. The van der Waals surface area contributed by atoms with E-state index in [-0.39, 0.29) is 5.91 Å². The second kappa shape index (κ2) is 9.32. The van der Waals surface area contributed by atoms with Gasteiger partial charge in [-0.3, -0.25) is 4.79 Å². The monoisotopic (exact) mass is 369 g/mol. The number of hydrogen-bond donors (Lipinski definition) is 1. The van der Waals surface area contributed by atoms with Crippen molar-refractivity contribution in [2.45, 2.75) is 19.8 Å². The summed E-state index contributed by atoms with van der Waals surface area (Å²) in [6.45, 7) is 6.07. The van der Waals surface area contributed by atoms with Gasteiger partial charge in [0.25, 0.3) is 5.91 Å². The Balaban J connectivity index is 1.69. The lowest BCUT2D eigenvalue weighted by molar-refractivity contribution is 0.102. The van der Waals surface area contributed by atoms with Crippen LogP contribution in [-0.4, -0.2) is 55.8 Å². The first-order valence-electron chi connectivity index (χ1n) is 9.45. The molecule has 2 heterocycles. The van der Waals surface area contributed by atoms with E-state index in [0.29, 0.717) is 24.7 Å². The number of nitrogens with one attached hydrogen (secondary N) is 1. The van der Waals surface area contributed by atoms with Gasteiger partial charge >= 0.3 is 0 Å². The second-order valence-electron chi connectivity index (χ2n) is 6.62. The Morgan fingerprint density at radius 1 is 1.22 bits per heavy atom. The van der Waals surface area contributed by atoms with Gasteiger partial charge in [0.15, 0.2) is 0 Å². The van der Waals surface area contributed by atoms with Gasteiger partial charge in [0.2, 0.25) is 5.95 Å². The van der Waals surface area contributed by atoms with E-state index >= 15 is 0 Å². The van der Waals surface area contributed by atoms with Crippen molar-refractivity contribution in [3.8, 4) is 0 Å². The number of anilines is 3. The van der Waals surface area contributed by atoms with E-state index in [9.17, 15) is 4.79 Å². The SMILES string of the molecule is CCCCN(C)c1ncc(C(=O)Nc2ccccc2N2CCOCC2)cn1. The molecule has 0 saturated carbocycles. The highest BCUT2D eigenvalue weighted by Crippen LogP contribution is 2.26. The van der Waals surface area contributed by atoms with Crippen molar-refractivity contribution in [3.63, 3.8) is 0 Å². The van der Waals surface area contributed by atoms with Crippen LogP contribution in [-0.2, 0) is 4.74 Å². The van der Waals surface area contributed by atoms with Crippen LogP contribution >= 0.6 is 0 Å². The van der Waals surface area contributed by atoms with Crippen LogP contribution in [0, 0.1) is 0 Å². The van der Waals surface area contributed by atoms with E-state index < -0.39 is 0 Å². The summed E-state index contributed by atoms with van der Waals surface area (Å²) in [5, 5.41) is 2.99.